The molecular formula is C13H17F3N2O2. The highest BCUT2D eigenvalue weighted by Gasteiger charge is 2.34. The first kappa shape index (κ1) is 16.3. The Balaban J connectivity index is 3.03. The quantitative estimate of drug-likeness (QED) is 0.876. The molecule has 0 saturated carbocycles. The lowest BCUT2D eigenvalue weighted by atomic mass is 10.1. The number of rotatable bonds is 5. The van der Waals surface area contributed by atoms with Crippen molar-refractivity contribution in [2.24, 2.45) is 5.92 Å². The standard InChI is InChI=1S/C13H17F3N2O2/c1-8(7-17-2)12(19)18-11-5-4-9(20-3)6-10(11)13(14,15)16/h4-6,8,17H,7H2,1-3H3,(H,18,19). The monoisotopic (exact) mass is 290 g/mol. The number of alkyl halides is 3. The van der Waals surface area contributed by atoms with Crippen LogP contribution in [0.5, 0.6) is 5.75 Å². The number of hydrogen-bond donors (Lipinski definition) is 2. The van der Waals surface area contributed by atoms with Crippen LogP contribution in [0.15, 0.2) is 18.2 Å². The van der Waals surface area contributed by atoms with Gasteiger partial charge in [-0.1, -0.05) is 6.92 Å². The van der Waals surface area contributed by atoms with Gasteiger partial charge in [-0.2, -0.15) is 13.2 Å². The molecule has 1 amide bonds. The normalized spacial score (nSPS) is 12.9. The lowest BCUT2D eigenvalue weighted by Gasteiger charge is -2.17. The highest BCUT2D eigenvalue weighted by Crippen LogP contribution is 2.37. The van der Waals surface area contributed by atoms with Crippen molar-refractivity contribution in [3.8, 4) is 5.75 Å². The molecule has 0 aliphatic heterocycles. The van der Waals surface area contributed by atoms with Crippen LogP contribution in [0.1, 0.15) is 12.5 Å². The van der Waals surface area contributed by atoms with Gasteiger partial charge in [-0.3, -0.25) is 4.79 Å². The largest absolute Gasteiger partial charge is 0.497 e. The van der Waals surface area contributed by atoms with Gasteiger partial charge >= 0.3 is 6.18 Å². The number of benzene rings is 1. The molecule has 1 unspecified atom stereocenters. The molecule has 112 valence electrons. The number of ether oxygens (including phenoxy) is 1. The zero-order valence-electron chi connectivity index (χ0n) is 11.5. The van der Waals surface area contributed by atoms with E-state index >= 15 is 0 Å². The molecule has 20 heavy (non-hydrogen) atoms. The van der Waals surface area contributed by atoms with Gasteiger partial charge in [0.15, 0.2) is 0 Å². The van der Waals surface area contributed by atoms with E-state index in [1.54, 1.807) is 14.0 Å². The molecule has 7 heteroatoms. The number of nitrogens with one attached hydrogen (secondary N) is 2. The van der Waals surface area contributed by atoms with Gasteiger partial charge in [0.05, 0.1) is 18.4 Å². The van der Waals surface area contributed by atoms with Crippen LogP contribution in [0.2, 0.25) is 0 Å². The van der Waals surface area contributed by atoms with Crippen molar-refractivity contribution < 1.29 is 22.7 Å². The number of amides is 1. The van der Waals surface area contributed by atoms with Gasteiger partial charge in [0, 0.05) is 12.5 Å². The molecule has 1 atom stereocenters. The molecule has 0 fully saturated rings. The average molecular weight is 290 g/mol. The zero-order valence-corrected chi connectivity index (χ0v) is 11.5. The molecule has 0 spiro atoms. The van der Waals surface area contributed by atoms with Crippen LogP contribution >= 0.6 is 0 Å². The second-order valence-electron chi connectivity index (χ2n) is 4.36. The maximum absolute atomic E-state index is 12.9. The molecule has 1 aromatic carbocycles. The van der Waals surface area contributed by atoms with Gasteiger partial charge in [-0.05, 0) is 25.2 Å². The average Bonchev–Trinajstić information content (AvgIpc) is 2.38. The molecule has 4 nitrogen and oxygen atoms in total. The number of carbonyl (C=O) groups excluding carboxylic acids is 1. The molecule has 0 aromatic heterocycles. The van der Waals surface area contributed by atoms with Crippen LogP contribution in [0.3, 0.4) is 0 Å². The minimum atomic E-state index is -4.57. The smallest absolute Gasteiger partial charge is 0.418 e. The van der Waals surface area contributed by atoms with Crippen LogP contribution in [0, 0.1) is 5.92 Å². The first-order valence-electron chi connectivity index (χ1n) is 6.00. The highest BCUT2D eigenvalue weighted by molar-refractivity contribution is 5.93. The molecular weight excluding hydrogens is 273 g/mol. The fourth-order valence-electron chi connectivity index (χ4n) is 1.65. The number of anilines is 1. The number of carbonyl (C=O) groups is 1. The summed E-state index contributed by atoms with van der Waals surface area (Å²) in [4.78, 5) is 11.8. The Labute approximate surface area is 115 Å². The van der Waals surface area contributed by atoms with Crippen molar-refractivity contribution in [1.29, 1.82) is 0 Å². The van der Waals surface area contributed by atoms with E-state index in [1.807, 2.05) is 0 Å². The van der Waals surface area contributed by atoms with Crippen molar-refractivity contribution in [2.45, 2.75) is 13.1 Å². The van der Waals surface area contributed by atoms with Crippen molar-refractivity contribution in [1.82, 2.24) is 5.32 Å². The predicted molar refractivity (Wildman–Crippen MR) is 69.7 cm³/mol. The summed E-state index contributed by atoms with van der Waals surface area (Å²) in [6, 6.07) is 3.41. The molecule has 0 bridgehead atoms. The van der Waals surface area contributed by atoms with Gasteiger partial charge in [0.2, 0.25) is 5.91 Å². The number of hydrogen-bond acceptors (Lipinski definition) is 3. The van der Waals surface area contributed by atoms with E-state index in [0.29, 0.717) is 6.54 Å². The molecule has 0 aliphatic carbocycles. The van der Waals surface area contributed by atoms with Crippen molar-refractivity contribution in [2.75, 3.05) is 26.0 Å². The molecule has 1 aromatic rings. The zero-order chi connectivity index (χ0) is 15.3. The maximum Gasteiger partial charge on any atom is 0.418 e. The topological polar surface area (TPSA) is 50.4 Å². The summed E-state index contributed by atoms with van der Waals surface area (Å²) in [5, 5.41) is 5.09. The third-order valence-corrected chi connectivity index (χ3v) is 2.75. The Morgan fingerprint density at radius 1 is 1.40 bits per heavy atom. The Kier molecular flexibility index (Phi) is 5.38. The number of halogens is 3. The van der Waals surface area contributed by atoms with E-state index < -0.39 is 23.6 Å². The first-order chi connectivity index (χ1) is 9.29. The Morgan fingerprint density at radius 3 is 2.55 bits per heavy atom. The van der Waals surface area contributed by atoms with Crippen LogP contribution < -0.4 is 15.4 Å². The van der Waals surface area contributed by atoms with E-state index in [4.69, 9.17) is 4.74 Å². The van der Waals surface area contributed by atoms with Gasteiger partial charge in [0.25, 0.3) is 0 Å². The molecule has 0 radical (unpaired) electrons. The predicted octanol–water partition coefficient (Wildman–Crippen LogP) is 2.51. The van der Waals surface area contributed by atoms with E-state index in [2.05, 4.69) is 10.6 Å². The third-order valence-electron chi connectivity index (χ3n) is 2.75. The summed E-state index contributed by atoms with van der Waals surface area (Å²) in [5.41, 5.74) is -1.20. The van der Waals surface area contributed by atoms with Crippen molar-refractivity contribution in [3.63, 3.8) is 0 Å². The molecule has 0 aliphatic rings. The fraction of sp³-hybridized carbons (Fsp3) is 0.462. The fourth-order valence-corrected chi connectivity index (χ4v) is 1.65. The van der Waals surface area contributed by atoms with Crippen molar-refractivity contribution in [3.05, 3.63) is 23.8 Å². The van der Waals surface area contributed by atoms with Crippen LogP contribution in [0.25, 0.3) is 0 Å². The maximum atomic E-state index is 12.9. The summed E-state index contributed by atoms with van der Waals surface area (Å²) in [5.74, 6) is -0.836. The lowest BCUT2D eigenvalue weighted by Crippen LogP contribution is -2.29. The Morgan fingerprint density at radius 2 is 2.05 bits per heavy atom. The Hall–Kier alpha value is -1.76. The molecule has 0 saturated heterocycles. The van der Waals surface area contributed by atoms with Crippen LogP contribution in [-0.2, 0) is 11.0 Å². The van der Waals surface area contributed by atoms with Gasteiger partial charge < -0.3 is 15.4 Å². The first-order valence-corrected chi connectivity index (χ1v) is 6.00. The van der Waals surface area contributed by atoms with E-state index in [0.717, 1.165) is 6.07 Å². The molecule has 1 rings (SSSR count). The SMILES string of the molecule is CNCC(C)C(=O)Nc1ccc(OC)cc1C(F)(F)F. The van der Waals surface area contributed by atoms with E-state index in [9.17, 15) is 18.0 Å². The van der Waals surface area contributed by atoms with E-state index in [-0.39, 0.29) is 11.4 Å². The van der Waals surface area contributed by atoms with Gasteiger partial charge in [-0.15, -0.1) is 0 Å². The third kappa shape index (κ3) is 4.12. The van der Waals surface area contributed by atoms with Crippen molar-refractivity contribution >= 4 is 11.6 Å². The summed E-state index contributed by atoms with van der Waals surface area (Å²) >= 11 is 0. The number of methoxy groups -OCH3 is 1. The summed E-state index contributed by atoms with van der Waals surface area (Å²) in [6.07, 6.45) is -4.57. The Bertz CT molecular complexity index is 475. The van der Waals surface area contributed by atoms with Gasteiger partial charge in [0.1, 0.15) is 5.75 Å². The summed E-state index contributed by atoms with van der Waals surface area (Å²) < 4.78 is 43.6. The second-order valence-corrected chi connectivity index (χ2v) is 4.36. The molecule has 0 heterocycles. The second kappa shape index (κ2) is 6.60. The van der Waals surface area contributed by atoms with Gasteiger partial charge in [-0.25, -0.2) is 0 Å². The van der Waals surface area contributed by atoms with Crippen LogP contribution in [-0.4, -0.2) is 26.6 Å². The summed E-state index contributed by atoms with van der Waals surface area (Å²) in [6.45, 7) is 2.01. The molecule has 2 N–H and O–H groups in total. The van der Waals surface area contributed by atoms with Crippen LogP contribution in [0.4, 0.5) is 18.9 Å². The minimum absolute atomic E-state index is 0.0820. The highest BCUT2D eigenvalue weighted by atomic mass is 19.4. The van der Waals surface area contributed by atoms with E-state index in [1.165, 1.54) is 19.2 Å². The lowest BCUT2D eigenvalue weighted by molar-refractivity contribution is -0.137. The minimum Gasteiger partial charge on any atom is -0.497 e. The summed E-state index contributed by atoms with van der Waals surface area (Å²) in [7, 11) is 2.95.